The van der Waals surface area contributed by atoms with Crippen LogP contribution in [0, 0.1) is 0 Å². The Morgan fingerprint density at radius 2 is 1.51 bits per heavy atom. The first-order valence-corrected chi connectivity index (χ1v) is 12.3. The number of nitrogens with zero attached hydrogens (tertiary/aromatic N) is 2. The minimum absolute atomic E-state index is 0.0318. The highest BCUT2D eigenvalue weighted by molar-refractivity contribution is 5.86. The monoisotopic (exact) mass is 492 g/mol. The Kier molecular flexibility index (Phi) is 7.17. The molecule has 37 heavy (non-hydrogen) atoms. The van der Waals surface area contributed by atoms with Crippen LogP contribution >= 0.6 is 0 Å². The van der Waals surface area contributed by atoms with Crippen molar-refractivity contribution < 1.29 is 14.4 Å². The van der Waals surface area contributed by atoms with Crippen molar-refractivity contribution in [1.29, 1.82) is 0 Å². The van der Waals surface area contributed by atoms with Gasteiger partial charge >= 0.3 is 5.97 Å². The summed E-state index contributed by atoms with van der Waals surface area (Å²) in [5.41, 5.74) is 4.13. The Labute approximate surface area is 215 Å². The van der Waals surface area contributed by atoms with Gasteiger partial charge in [0.25, 0.3) is 5.56 Å². The van der Waals surface area contributed by atoms with Gasteiger partial charge < -0.3 is 14.1 Å². The molecule has 186 valence electrons. The molecule has 3 aromatic carbocycles. The molecule has 0 aliphatic carbocycles. The van der Waals surface area contributed by atoms with Crippen molar-refractivity contribution in [2.24, 2.45) is 0 Å². The van der Waals surface area contributed by atoms with Crippen molar-refractivity contribution >= 4 is 16.9 Å². The highest BCUT2D eigenvalue weighted by Gasteiger charge is 2.17. The van der Waals surface area contributed by atoms with Crippen molar-refractivity contribution in [2.45, 2.75) is 25.8 Å². The average Bonchev–Trinajstić information content (AvgIpc) is 3.32. The first kappa shape index (κ1) is 24.1. The predicted octanol–water partition coefficient (Wildman–Crippen LogP) is 5.43. The summed E-state index contributed by atoms with van der Waals surface area (Å²) in [4.78, 5) is 29.2. The smallest absolute Gasteiger partial charge is 0.329 e. The lowest BCUT2D eigenvalue weighted by atomic mass is 9.86. The van der Waals surface area contributed by atoms with Crippen molar-refractivity contribution in [2.75, 3.05) is 6.61 Å². The maximum absolute atomic E-state index is 12.7. The van der Waals surface area contributed by atoms with E-state index in [2.05, 4.69) is 24.3 Å². The van der Waals surface area contributed by atoms with Crippen LogP contribution in [0.25, 0.3) is 10.9 Å². The molecule has 6 nitrogen and oxygen atoms in total. The quantitative estimate of drug-likeness (QED) is 0.258. The van der Waals surface area contributed by atoms with Gasteiger partial charge in [0.15, 0.2) is 0 Å². The molecule has 0 bridgehead atoms. The number of rotatable bonds is 9. The lowest BCUT2D eigenvalue weighted by Gasteiger charge is -2.20. The third-order valence-corrected chi connectivity index (χ3v) is 6.29. The van der Waals surface area contributed by atoms with Gasteiger partial charge in [-0.05, 0) is 41.3 Å². The van der Waals surface area contributed by atoms with Crippen LogP contribution in [0.15, 0.2) is 114 Å². The summed E-state index contributed by atoms with van der Waals surface area (Å²) < 4.78 is 9.24. The Morgan fingerprint density at radius 1 is 0.811 bits per heavy atom. The third-order valence-electron chi connectivity index (χ3n) is 6.29. The third kappa shape index (κ3) is 5.48. The van der Waals surface area contributed by atoms with E-state index in [1.165, 1.54) is 22.8 Å². The fourth-order valence-corrected chi connectivity index (χ4v) is 4.64. The molecule has 0 spiro atoms. The van der Waals surface area contributed by atoms with Crippen molar-refractivity contribution in [3.63, 3.8) is 0 Å². The maximum Gasteiger partial charge on any atom is 0.329 e. The molecule has 5 rings (SSSR count). The van der Waals surface area contributed by atoms with Crippen LogP contribution in [-0.2, 0) is 11.3 Å². The van der Waals surface area contributed by atoms with Crippen molar-refractivity contribution in [1.82, 2.24) is 9.30 Å². The molecule has 0 aliphatic rings. The van der Waals surface area contributed by atoms with Crippen molar-refractivity contribution in [3.8, 4) is 5.75 Å². The topological polar surface area (TPSA) is 62.5 Å². The summed E-state index contributed by atoms with van der Waals surface area (Å²) in [6.45, 7) is 2.34. The molecule has 0 saturated carbocycles. The first-order valence-electron chi connectivity index (χ1n) is 12.3. The number of ether oxygens (including phenoxy) is 1. The van der Waals surface area contributed by atoms with Gasteiger partial charge in [-0.1, -0.05) is 72.8 Å². The summed E-state index contributed by atoms with van der Waals surface area (Å²) >= 11 is 0. The zero-order chi connectivity index (χ0) is 25.6. The fourth-order valence-electron chi connectivity index (χ4n) is 4.64. The second kappa shape index (κ2) is 11.0. The van der Waals surface area contributed by atoms with E-state index in [0.717, 1.165) is 16.5 Å². The fraction of sp³-hybridized carbons (Fsp3) is 0.161. The molecule has 0 N–H and O–H groups in total. The Hall–Kier alpha value is -4.58. The minimum atomic E-state index is -0.390. The van der Waals surface area contributed by atoms with E-state index >= 15 is 0 Å². The summed E-state index contributed by atoms with van der Waals surface area (Å²) in [5, 5.41) is 0.858. The summed E-state index contributed by atoms with van der Waals surface area (Å²) in [6, 6.07) is 31.7. The number of aromatic nitrogens is 2. The predicted molar refractivity (Wildman–Crippen MR) is 144 cm³/mol. The van der Waals surface area contributed by atoms with E-state index in [-0.39, 0.29) is 11.5 Å². The van der Waals surface area contributed by atoms with Crippen LogP contribution < -0.4 is 15.1 Å². The normalized spacial score (nSPS) is 11.1. The molecular weight excluding hydrogens is 464 g/mol. The molecule has 5 aromatic rings. The van der Waals surface area contributed by atoms with Gasteiger partial charge in [-0.3, -0.25) is 4.79 Å². The van der Waals surface area contributed by atoms with Crippen molar-refractivity contribution in [3.05, 3.63) is 136 Å². The number of benzene rings is 3. The lowest BCUT2D eigenvalue weighted by Crippen LogP contribution is -2.21. The highest BCUT2D eigenvalue weighted by Crippen LogP contribution is 2.31. The Morgan fingerprint density at radius 3 is 2.19 bits per heavy atom. The Bertz CT molecular complexity index is 1520. The van der Waals surface area contributed by atoms with E-state index in [9.17, 15) is 9.59 Å². The van der Waals surface area contributed by atoms with Crippen LogP contribution in [0.5, 0.6) is 5.75 Å². The standard InChI is InChI=1S/C31H28N2O4/c1-23(34)37-33-20-18-27-28(33)14-8-15-29(27)36-21-9-19-32-22-26(16-17-30(32)35)31(24-10-4-2-5-11-24)25-12-6-3-7-13-25/h2-8,10-18,20,22,31H,9,19,21H2,1H3. The molecule has 0 radical (unpaired) electrons. The van der Waals surface area contributed by atoms with Gasteiger partial charge in [0.05, 0.1) is 12.1 Å². The summed E-state index contributed by atoms with van der Waals surface area (Å²) in [5.74, 6) is 0.348. The number of aryl methyl sites for hydroxylation is 1. The number of hydrogen-bond acceptors (Lipinski definition) is 4. The number of carbonyl (C=O) groups is 1. The van der Waals surface area contributed by atoms with Crippen LogP contribution in [0.3, 0.4) is 0 Å². The van der Waals surface area contributed by atoms with Crippen LogP contribution in [0.1, 0.15) is 36.0 Å². The van der Waals surface area contributed by atoms with Gasteiger partial charge in [-0.2, -0.15) is 4.73 Å². The van der Waals surface area contributed by atoms with E-state index < -0.39 is 5.97 Å². The van der Waals surface area contributed by atoms with E-state index in [1.54, 1.807) is 16.8 Å². The van der Waals surface area contributed by atoms with E-state index in [0.29, 0.717) is 25.3 Å². The molecule has 6 heteroatoms. The SMILES string of the molecule is CC(=O)On1ccc2c(OCCCn3cc(C(c4ccccc4)c4ccccc4)ccc3=O)cccc21. The second-order valence-electron chi connectivity index (χ2n) is 8.86. The summed E-state index contributed by atoms with van der Waals surface area (Å²) in [7, 11) is 0. The van der Waals surface area contributed by atoms with Gasteiger partial charge in [0, 0.05) is 43.2 Å². The van der Waals surface area contributed by atoms with Gasteiger partial charge in [0.1, 0.15) is 5.75 Å². The second-order valence-corrected chi connectivity index (χ2v) is 8.86. The highest BCUT2D eigenvalue weighted by atomic mass is 16.7. The molecule has 0 saturated heterocycles. The molecule has 0 fully saturated rings. The largest absolute Gasteiger partial charge is 0.493 e. The number of hydrogen-bond donors (Lipinski definition) is 0. The van der Waals surface area contributed by atoms with Crippen LogP contribution in [-0.4, -0.2) is 21.9 Å². The average molecular weight is 493 g/mol. The van der Waals surface area contributed by atoms with Crippen LogP contribution in [0.2, 0.25) is 0 Å². The minimum Gasteiger partial charge on any atom is -0.493 e. The number of fused-ring (bicyclic) bond motifs is 1. The van der Waals surface area contributed by atoms with Gasteiger partial charge in [-0.15, -0.1) is 0 Å². The molecule has 0 aliphatic heterocycles. The summed E-state index contributed by atoms with van der Waals surface area (Å²) in [6.07, 6.45) is 4.32. The molecular formula is C31H28N2O4. The first-order chi connectivity index (χ1) is 18.1. The Balaban J connectivity index is 1.31. The molecule has 0 atom stereocenters. The molecule has 0 unspecified atom stereocenters. The van der Waals surface area contributed by atoms with E-state index in [1.807, 2.05) is 72.9 Å². The van der Waals surface area contributed by atoms with Crippen LogP contribution in [0.4, 0.5) is 0 Å². The molecule has 0 amide bonds. The zero-order valence-corrected chi connectivity index (χ0v) is 20.6. The molecule has 2 heterocycles. The lowest BCUT2D eigenvalue weighted by molar-refractivity contribution is -0.140. The number of pyridine rings is 1. The van der Waals surface area contributed by atoms with E-state index in [4.69, 9.17) is 9.57 Å². The number of carbonyl (C=O) groups excluding carboxylic acids is 1. The zero-order valence-electron chi connectivity index (χ0n) is 20.6. The molecule has 2 aromatic heterocycles. The maximum atomic E-state index is 12.7. The van der Waals surface area contributed by atoms with Gasteiger partial charge in [-0.25, -0.2) is 4.79 Å². The van der Waals surface area contributed by atoms with Gasteiger partial charge in [0.2, 0.25) is 0 Å².